The smallest absolute Gasteiger partial charge is 0.224 e. The molecule has 2 N–H and O–H groups in total. The predicted octanol–water partition coefficient (Wildman–Crippen LogP) is 2.84. The summed E-state index contributed by atoms with van der Waals surface area (Å²) < 4.78 is 0.901. The summed E-state index contributed by atoms with van der Waals surface area (Å²) in [6.45, 7) is 3.78. The van der Waals surface area contributed by atoms with Crippen LogP contribution in [0.5, 0.6) is 0 Å². The summed E-state index contributed by atoms with van der Waals surface area (Å²) in [5.74, 6) is 2.68. The minimum atomic E-state index is 0.665. The van der Waals surface area contributed by atoms with Crippen molar-refractivity contribution >= 4 is 39.5 Å². The third kappa shape index (κ3) is 4.57. The van der Waals surface area contributed by atoms with Crippen LogP contribution in [0.25, 0.3) is 0 Å². The molecule has 0 aliphatic rings. The van der Waals surface area contributed by atoms with Crippen molar-refractivity contribution in [3.05, 3.63) is 10.7 Å². The van der Waals surface area contributed by atoms with Crippen molar-refractivity contribution in [2.75, 3.05) is 35.7 Å². The van der Waals surface area contributed by atoms with Crippen LogP contribution in [0.3, 0.4) is 0 Å². The van der Waals surface area contributed by atoms with Gasteiger partial charge in [-0.15, -0.1) is 0 Å². The van der Waals surface area contributed by atoms with Crippen LogP contribution in [0.1, 0.15) is 13.3 Å². The Bertz CT molecular complexity index is 322. The minimum absolute atomic E-state index is 0.665. The number of hydrogen-bond donors (Lipinski definition) is 2. The van der Waals surface area contributed by atoms with E-state index in [1.807, 2.05) is 18.7 Å². The van der Waals surface area contributed by atoms with E-state index in [4.69, 9.17) is 0 Å². The van der Waals surface area contributed by atoms with Crippen LogP contribution in [0, 0.1) is 0 Å². The number of rotatable bonds is 7. The van der Waals surface area contributed by atoms with E-state index in [0.29, 0.717) is 5.95 Å². The lowest BCUT2D eigenvalue weighted by Gasteiger charge is -2.08. The van der Waals surface area contributed by atoms with Crippen LogP contribution in [-0.2, 0) is 0 Å². The first-order chi connectivity index (χ1) is 7.77. The van der Waals surface area contributed by atoms with Crippen molar-refractivity contribution in [3.63, 3.8) is 0 Å². The van der Waals surface area contributed by atoms with Crippen molar-refractivity contribution in [2.45, 2.75) is 13.3 Å². The number of nitrogens with zero attached hydrogens (tertiary/aromatic N) is 2. The van der Waals surface area contributed by atoms with E-state index >= 15 is 0 Å². The SMILES string of the molecule is CCNc1ncc(Br)c(NCCCSC)n1. The van der Waals surface area contributed by atoms with Gasteiger partial charge >= 0.3 is 0 Å². The Morgan fingerprint density at radius 2 is 2.25 bits per heavy atom. The molecule has 6 heteroatoms. The number of hydrogen-bond acceptors (Lipinski definition) is 5. The summed E-state index contributed by atoms with van der Waals surface area (Å²) in [4.78, 5) is 8.53. The average molecular weight is 305 g/mol. The van der Waals surface area contributed by atoms with Crippen LogP contribution < -0.4 is 10.6 Å². The van der Waals surface area contributed by atoms with Crippen LogP contribution in [0.15, 0.2) is 10.7 Å². The first-order valence-corrected chi connectivity index (χ1v) is 7.45. The molecule has 0 radical (unpaired) electrons. The van der Waals surface area contributed by atoms with Gasteiger partial charge in [-0.3, -0.25) is 0 Å². The molecule has 0 spiro atoms. The van der Waals surface area contributed by atoms with Gasteiger partial charge in [0.05, 0.1) is 4.47 Å². The highest BCUT2D eigenvalue weighted by atomic mass is 79.9. The van der Waals surface area contributed by atoms with Gasteiger partial charge in [0.25, 0.3) is 0 Å². The number of aromatic nitrogens is 2. The summed E-state index contributed by atoms with van der Waals surface area (Å²) in [6.07, 6.45) is 5.01. The highest BCUT2D eigenvalue weighted by molar-refractivity contribution is 9.10. The molecule has 0 amide bonds. The molecular weight excluding hydrogens is 288 g/mol. The van der Waals surface area contributed by atoms with Gasteiger partial charge in [0.15, 0.2) is 0 Å². The first kappa shape index (κ1) is 13.6. The fourth-order valence-electron chi connectivity index (χ4n) is 1.16. The van der Waals surface area contributed by atoms with Gasteiger partial charge in [-0.1, -0.05) is 0 Å². The topological polar surface area (TPSA) is 49.8 Å². The molecule has 1 rings (SSSR count). The second kappa shape index (κ2) is 7.73. The molecule has 0 saturated carbocycles. The Hall–Kier alpha value is -0.490. The molecule has 4 nitrogen and oxygen atoms in total. The Balaban J connectivity index is 2.52. The number of anilines is 2. The molecule has 0 aliphatic carbocycles. The number of thioether (sulfide) groups is 1. The predicted molar refractivity (Wildman–Crippen MR) is 75.4 cm³/mol. The van der Waals surface area contributed by atoms with Gasteiger partial charge in [0.1, 0.15) is 5.82 Å². The molecule has 0 atom stereocenters. The Morgan fingerprint density at radius 3 is 2.94 bits per heavy atom. The quantitative estimate of drug-likeness (QED) is 0.759. The second-order valence-corrected chi connectivity index (χ2v) is 5.03. The summed E-state index contributed by atoms with van der Waals surface area (Å²) in [6, 6.07) is 0. The highest BCUT2D eigenvalue weighted by Gasteiger charge is 2.03. The Labute approximate surface area is 109 Å². The van der Waals surface area contributed by atoms with Crippen molar-refractivity contribution < 1.29 is 0 Å². The molecule has 0 aliphatic heterocycles. The molecule has 0 saturated heterocycles. The van der Waals surface area contributed by atoms with Crippen LogP contribution in [0.2, 0.25) is 0 Å². The third-order valence-electron chi connectivity index (χ3n) is 1.90. The van der Waals surface area contributed by atoms with E-state index in [2.05, 4.69) is 42.8 Å². The maximum Gasteiger partial charge on any atom is 0.224 e. The first-order valence-electron chi connectivity index (χ1n) is 5.27. The number of halogens is 1. The zero-order valence-electron chi connectivity index (χ0n) is 9.59. The van der Waals surface area contributed by atoms with E-state index in [9.17, 15) is 0 Å². The van der Waals surface area contributed by atoms with E-state index in [0.717, 1.165) is 35.6 Å². The largest absolute Gasteiger partial charge is 0.369 e. The van der Waals surface area contributed by atoms with Gasteiger partial charge in [-0.2, -0.15) is 16.7 Å². The van der Waals surface area contributed by atoms with Gasteiger partial charge < -0.3 is 10.6 Å². The molecule has 90 valence electrons. The normalized spacial score (nSPS) is 10.2. The van der Waals surface area contributed by atoms with E-state index < -0.39 is 0 Å². The summed E-state index contributed by atoms with van der Waals surface area (Å²) in [5.41, 5.74) is 0. The minimum Gasteiger partial charge on any atom is -0.369 e. The lowest BCUT2D eigenvalue weighted by Crippen LogP contribution is -2.08. The fourth-order valence-corrected chi connectivity index (χ4v) is 1.92. The molecule has 1 aromatic rings. The van der Waals surface area contributed by atoms with E-state index in [1.54, 1.807) is 6.20 Å². The molecule has 1 heterocycles. The van der Waals surface area contributed by atoms with Gasteiger partial charge in [-0.05, 0) is 41.3 Å². The second-order valence-electron chi connectivity index (χ2n) is 3.19. The zero-order chi connectivity index (χ0) is 11.8. The Kier molecular flexibility index (Phi) is 6.56. The highest BCUT2D eigenvalue weighted by Crippen LogP contribution is 2.19. The van der Waals surface area contributed by atoms with Crippen molar-refractivity contribution in [1.82, 2.24) is 9.97 Å². The lowest BCUT2D eigenvalue weighted by molar-refractivity contribution is 0.971. The standard InChI is InChI=1S/C10H17BrN4S/c1-3-12-10-14-7-8(11)9(15-10)13-5-4-6-16-2/h7H,3-6H2,1-2H3,(H2,12,13,14,15). The van der Waals surface area contributed by atoms with Crippen molar-refractivity contribution in [2.24, 2.45) is 0 Å². The van der Waals surface area contributed by atoms with Gasteiger partial charge in [-0.25, -0.2) is 4.98 Å². The zero-order valence-corrected chi connectivity index (χ0v) is 12.0. The molecule has 0 aromatic carbocycles. The van der Waals surface area contributed by atoms with Gasteiger partial charge in [0.2, 0.25) is 5.95 Å². The Morgan fingerprint density at radius 1 is 1.44 bits per heavy atom. The molecule has 1 aromatic heterocycles. The van der Waals surface area contributed by atoms with Gasteiger partial charge in [0, 0.05) is 19.3 Å². The van der Waals surface area contributed by atoms with Crippen LogP contribution in [0.4, 0.5) is 11.8 Å². The fraction of sp³-hybridized carbons (Fsp3) is 0.600. The lowest BCUT2D eigenvalue weighted by atomic mass is 10.4. The molecule has 0 fully saturated rings. The van der Waals surface area contributed by atoms with Crippen LogP contribution in [-0.4, -0.2) is 35.1 Å². The summed E-state index contributed by atoms with van der Waals surface area (Å²) >= 11 is 5.29. The molecule has 16 heavy (non-hydrogen) atoms. The van der Waals surface area contributed by atoms with Crippen LogP contribution >= 0.6 is 27.7 Å². The summed E-state index contributed by atoms with van der Waals surface area (Å²) in [7, 11) is 0. The average Bonchev–Trinajstić information content (AvgIpc) is 2.29. The molecule has 0 unspecified atom stereocenters. The molecular formula is C10H17BrN4S. The maximum absolute atomic E-state index is 4.37. The third-order valence-corrected chi connectivity index (χ3v) is 3.17. The van der Waals surface area contributed by atoms with Crippen molar-refractivity contribution in [3.8, 4) is 0 Å². The summed E-state index contributed by atoms with van der Waals surface area (Å²) in [5, 5.41) is 6.38. The monoisotopic (exact) mass is 304 g/mol. The van der Waals surface area contributed by atoms with E-state index in [1.165, 1.54) is 0 Å². The maximum atomic E-state index is 4.37. The van der Waals surface area contributed by atoms with Crippen molar-refractivity contribution in [1.29, 1.82) is 0 Å². The molecule has 0 bridgehead atoms. The van der Waals surface area contributed by atoms with E-state index in [-0.39, 0.29) is 0 Å². The number of nitrogens with one attached hydrogen (secondary N) is 2.